The summed E-state index contributed by atoms with van der Waals surface area (Å²) < 4.78 is 13.1. The van der Waals surface area contributed by atoms with Crippen LogP contribution in [0, 0.1) is 19.8 Å². The maximum atomic E-state index is 12.4. The Labute approximate surface area is 165 Å². The second kappa shape index (κ2) is 8.69. The molecule has 6 nitrogen and oxygen atoms in total. The Bertz CT molecular complexity index is 932. The fourth-order valence-corrected chi connectivity index (χ4v) is 2.93. The van der Waals surface area contributed by atoms with E-state index in [2.05, 4.69) is 23.9 Å². The molecular weight excluding hydrogens is 354 g/mol. The SMILES string of the molecule is Cc1nn(CC(C)C)c(C)c1CC(=O)Oc1ccc(Oc2ccccn2)cc1. The zero-order valence-electron chi connectivity index (χ0n) is 16.7. The Morgan fingerprint density at radius 3 is 2.43 bits per heavy atom. The van der Waals surface area contributed by atoms with Crippen LogP contribution in [0.15, 0.2) is 48.7 Å². The minimum Gasteiger partial charge on any atom is -0.439 e. The molecule has 2 heterocycles. The number of benzene rings is 1. The minimum atomic E-state index is -0.311. The van der Waals surface area contributed by atoms with E-state index in [1.54, 1.807) is 36.5 Å². The van der Waals surface area contributed by atoms with Gasteiger partial charge in [0.15, 0.2) is 0 Å². The maximum absolute atomic E-state index is 12.4. The monoisotopic (exact) mass is 379 g/mol. The van der Waals surface area contributed by atoms with Crippen molar-refractivity contribution in [3.63, 3.8) is 0 Å². The Kier molecular flexibility index (Phi) is 6.09. The quantitative estimate of drug-likeness (QED) is 0.447. The van der Waals surface area contributed by atoms with Crippen LogP contribution in [0.4, 0.5) is 0 Å². The van der Waals surface area contributed by atoms with E-state index in [-0.39, 0.29) is 12.4 Å². The number of ether oxygens (including phenoxy) is 2. The molecule has 0 unspecified atom stereocenters. The highest BCUT2D eigenvalue weighted by atomic mass is 16.5. The lowest BCUT2D eigenvalue weighted by atomic mass is 10.1. The Morgan fingerprint density at radius 2 is 1.79 bits per heavy atom. The van der Waals surface area contributed by atoms with E-state index < -0.39 is 0 Å². The summed E-state index contributed by atoms with van der Waals surface area (Å²) in [7, 11) is 0. The van der Waals surface area contributed by atoms with Crippen molar-refractivity contribution < 1.29 is 14.3 Å². The molecule has 0 aliphatic carbocycles. The van der Waals surface area contributed by atoms with Crippen molar-refractivity contribution in [3.8, 4) is 17.4 Å². The molecule has 0 atom stereocenters. The average molecular weight is 379 g/mol. The van der Waals surface area contributed by atoms with Crippen molar-refractivity contribution in [2.75, 3.05) is 0 Å². The molecule has 0 bridgehead atoms. The number of aromatic nitrogens is 3. The van der Waals surface area contributed by atoms with Crippen molar-refractivity contribution >= 4 is 5.97 Å². The van der Waals surface area contributed by atoms with Gasteiger partial charge in [-0.2, -0.15) is 5.10 Å². The molecule has 1 aromatic carbocycles. The lowest BCUT2D eigenvalue weighted by Gasteiger charge is -2.08. The number of nitrogens with zero attached hydrogens (tertiary/aromatic N) is 3. The first kappa shape index (κ1) is 19.6. The predicted molar refractivity (Wildman–Crippen MR) is 107 cm³/mol. The first-order valence-electron chi connectivity index (χ1n) is 9.35. The zero-order valence-corrected chi connectivity index (χ0v) is 16.7. The molecule has 2 aromatic heterocycles. The summed E-state index contributed by atoms with van der Waals surface area (Å²) >= 11 is 0. The normalized spacial score (nSPS) is 10.9. The summed E-state index contributed by atoms with van der Waals surface area (Å²) in [5.41, 5.74) is 2.82. The molecule has 0 amide bonds. The molecule has 0 N–H and O–H groups in total. The molecule has 28 heavy (non-hydrogen) atoms. The van der Waals surface area contributed by atoms with Gasteiger partial charge in [0.2, 0.25) is 5.88 Å². The van der Waals surface area contributed by atoms with Gasteiger partial charge < -0.3 is 9.47 Å². The highest BCUT2D eigenvalue weighted by Crippen LogP contribution is 2.23. The molecule has 0 aliphatic heterocycles. The van der Waals surface area contributed by atoms with Gasteiger partial charge in [0.1, 0.15) is 11.5 Å². The van der Waals surface area contributed by atoms with Crippen LogP contribution in [0.3, 0.4) is 0 Å². The van der Waals surface area contributed by atoms with Crippen LogP contribution in [0.5, 0.6) is 17.4 Å². The van der Waals surface area contributed by atoms with E-state index in [4.69, 9.17) is 9.47 Å². The fourth-order valence-electron chi connectivity index (χ4n) is 2.93. The van der Waals surface area contributed by atoms with Crippen LogP contribution in [0.1, 0.15) is 30.8 Å². The molecule has 3 aromatic rings. The summed E-state index contributed by atoms with van der Waals surface area (Å²) in [6.45, 7) is 9.04. The molecule has 3 rings (SSSR count). The lowest BCUT2D eigenvalue weighted by molar-refractivity contribution is -0.133. The van der Waals surface area contributed by atoms with Crippen LogP contribution in [0.2, 0.25) is 0 Å². The van der Waals surface area contributed by atoms with Crippen molar-refractivity contribution in [2.24, 2.45) is 5.92 Å². The first-order valence-corrected chi connectivity index (χ1v) is 9.35. The van der Waals surface area contributed by atoms with Gasteiger partial charge >= 0.3 is 5.97 Å². The lowest BCUT2D eigenvalue weighted by Crippen LogP contribution is -2.13. The molecule has 0 radical (unpaired) electrons. The summed E-state index contributed by atoms with van der Waals surface area (Å²) in [5, 5.41) is 4.55. The summed E-state index contributed by atoms with van der Waals surface area (Å²) in [6.07, 6.45) is 1.86. The van der Waals surface area contributed by atoms with Gasteiger partial charge in [0, 0.05) is 30.1 Å². The average Bonchev–Trinajstić information content (AvgIpc) is 2.91. The van der Waals surface area contributed by atoms with Gasteiger partial charge in [0.25, 0.3) is 0 Å². The maximum Gasteiger partial charge on any atom is 0.315 e. The van der Waals surface area contributed by atoms with Crippen molar-refractivity contribution in [3.05, 3.63) is 65.6 Å². The molecule has 0 saturated heterocycles. The third kappa shape index (κ3) is 4.97. The van der Waals surface area contributed by atoms with Crippen LogP contribution < -0.4 is 9.47 Å². The number of hydrogen-bond donors (Lipinski definition) is 0. The number of pyridine rings is 1. The smallest absolute Gasteiger partial charge is 0.315 e. The first-order chi connectivity index (χ1) is 13.4. The highest BCUT2D eigenvalue weighted by molar-refractivity contribution is 5.75. The highest BCUT2D eigenvalue weighted by Gasteiger charge is 2.17. The van der Waals surface area contributed by atoms with Gasteiger partial charge in [-0.3, -0.25) is 9.48 Å². The predicted octanol–water partition coefficient (Wildman–Crippen LogP) is 4.49. The van der Waals surface area contributed by atoms with E-state index in [0.717, 1.165) is 23.5 Å². The number of esters is 1. The van der Waals surface area contributed by atoms with Gasteiger partial charge in [-0.1, -0.05) is 19.9 Å². The largest absolute Gasteiger partial charge is 0.439 e. The Morgan fingerprint density at radius 1 is 1.07 bits per heavy atom. The number of carbonyl (C=O) groups excluding carboxylic acids is 1. The fraction of sp³-hybridized carbons (Fsp3) is 0.318. The molecular formula is C22H25N3O3. The summed E-state index contributed by atoms with van der Waals surface area (Å²) in [4.78, 5) is 16.5. The van der Waals surface area contributed by atoms with E-state index in [1.165, 1.54) is 0 Å². The van der Waals surface area contributed by atoms with E-state index in [9.17, 15) is 4.79 Å². The zero-order chi connectivity index (χ0) is 20.1. The second-order valence-corrected chi connectivity index (χ2v) is 7.12. The van der Waals surface area contributed by atoms with Gasteiger partial charge in [0.05, 0.1) is 12.1 Å². The van der Waals surface area contributed by atoms with Gasteiger partial charge in [-0.25, -0.2) is 4.98 Å². The number of aryl methyl sites for hydroxylation is 1. The van der Waals surface area contributed by atoms with E-state index in [1.807, 2.05) is 30.7 Å². The molecule has 0 fully saturated rings. The number of rotatable bonds is 7. The Hall–Kier alpha value is -3.15. The summed E-state index contributed by atoms with van der Waals surface area (Å²) in [5.74, 6) is 1.79. The van der Waals surface area contributed by atoms with Crippen LogP contribution >= 0.6 is 0 Å². The molecule has 146 valence electrons. The minimum absolute atomic E-state index is 0.196. The molecule has 0 aliphatic rings. The topological polar surface area (TPSA) is 66.2 Å². The number of hydrogen-bond acceptors (Lipinski definition) is 5. The Balaban J connectivity index is 1.61. The van der Waals surface area contributed by atoms with Gasteiger partial charge in [-0.05, 0) is 50.1 Å². The molecule has 0 saturated carbocycles. The molecule has 0 spiro atoms. The third-order valence-electron chi connectivity index (χ3n) is 4.31. The standard InChI is InChI=1S/C22H25N3O3/c1-15(2)14-25-17(4)20(16(3)24-25)13-22(26)28-19-10-8-18(9-11-19)27-21-7-5-6-12-23-21/h5-12,15H,13-14H2,1-4H3. The van der Waals surface area contributed by atoms with E-state index >= 15 is 0 Å². The van der Waals surface area contributed by atoms with Crippen molar-refractivity contribution in [2.45, 2.75) is 40.7 Å². The summed E-state index contributed by atoms with van der Waals surface area (Å²) in [6, 6.07) is 12.4. The van der Waals surface area contributed by atoms with Crippen LogP contribution in [-0.2, 0) is 17.8 Å². The van der Waals surface area contributed by atoms with Crippen LogP contribution in [0.25, 0.3) is 0 Å². The molecule has 6 heteroatoms. The third-order valence-corrected chi connectivity index (χ3v) is 4.31. The van der Waals surface area contributed by atoms with Crippen molar-refractivity contribution in [1.82, 2.24) is 14.8 Å². The van der Waals surface area contributed by atoms with Gasteiger partial charge in [-0.15, -0.1) is 0 Å². The van der Waals surface area contributed by atoms with Crippen molar-refractivity contribution in [1.29, 1.82) is 0 Å². The number of carbonyl (C=O) groups is 1. The van der Waals surface area contributed by atoms with E-state index in [0.29, 0.717) is 23.3 Å². The van der Waals surface area contributed by atoms with Crippen LogP contribution in [-0.4, -0.2) is 20.7 Å². The second-order valence-electron chi connectivity index (χ2n) is 7.12.